The third kappa shape index (κ3) is 3.26. The summed E-state index contributed by atoms with van der Waals surface area (Å²) in [6.07, 6.45) is 5.29. The van der Waals surface area contributed by atoms with Crippen LogP contribution >= 0.6 is 0 Å². The fraction of sp³-hybridized carbons (Fsp3) is 0.579. The van der Waals surface area contributed by atoms with Crippen molar-refractivity contribution in [2.45, 2.75) is 58.0 Å². The smallest absolute Gasteiger partial charge is 0.247 e. The van der Waals surface area contributed by atoms with Crippen LogP contribution in [0.2, 0.25) is 0 Å². The molecule has 0 radical (unpaired) electrons. The Kier molecular flexibility index (Phi) is 4.69. The van der Waals surface area contributed by atoms with Crippen LogP contribution in [0.3, 0.4) is 0 Å². The molecular formula is C19H26N2O2. The summed E-state index contributed by atoms with van der Waals surface area (Å²) in [7, 11) is 0. The van der Waals surface area contributed by atoms with Gasteiger partial charge in [-0.2, -0.15) is 0 Å². The number of nitrogens with zero attached hydrogens (tertiary/aromatic N) is 1. The van der Waals surface area contributed by atoms with Gasteiger partial charge in [0.2, 0.25) is 11.8 Å². The minimum Gasteiger partial charge on any atom is -0.351 e. The van der Waals surface area contributed by atoms with Crippen LogP contribution in [0.1, 0.15) is 56.7 Å². The largest absolute Gasteiger partial charge is 0.351 e. The Balaban J connectivity index is 1.89. The van der Waals surface area contributed by atoms with Gasteiger partial charge in [-0.15, -0.1) is 0 Å². The van der Waals surface area contributed by atoms with Crippen LogP contribution < -0.4 is 5.32 Å². The van der Waals surface area contributed by atoms with E-state index in [1.807, 2.05) is 32.0 Å². The Morgan fingerprint density at radius 2 is 1.87 bits per heavy atom. The van der Waals surface area contributed by atoms with Gasteiger partial charge in [0.25, 0.3) is 0 Å². The molecule has 4 heteroatoms. The maximum Gasteiger partial charge on any atom is 0.247 e. The summed E-state index contributed by atoms with van der Waals surface area (Å²) in [5, 5.41) is 3.18. The Morgan fingerprint density at radius 1 is 1.17 bits per heavy atom. The SMILES string of the molecule is CC(C)C(=O)N1CCc2ccccc2[C@H]1C(=O)NC1CCCC1. The molecule has 1 fully saturated rings. The number of fused-ring (bicyclic) bond motifs is 1. The lowest BCUT2D eigenvalue weighted by Crippen LogP contribution is -2.50. The number of nitrogens with one attached hydrogen (secondary N) is 1. The predicted molar refractivity (Wildman–Crippen MR) is 89.8 cm³/mol. The maximum atomic E-state index is 12.9. The molecular weight excluding hydrogens is 288 g/mol. The van der Waals surface area contributed by atoms with Crippen molar-refractivity contribution in [3.8, 4) is 0 Å². The predicted octanol–water partition coefficient (Wildman–Crippen LogP) is 2.83. The van der Waals surface area contributed by atoms with E-state index in [-0.39, 0.29) is 23.8 Å². The minimum absolute atomic E-state index is 0.0157. The average Bonchev–Trinajstić information content (AvgIpc) is 3.05. The van der Waals surface area contributed by atoms with Gasteiger partial charge < -0.3 is 10.2 Å². The van der Waals surface area contributed by atoms with Crippen LogP contribution in [0.5, 0.6) is 0 Å². The number of carbonyl (C=O) groups excluding carboxylic acids is 2. The normalized spacial score (nSPS) is 21.3. The highest BCUT2D eigenvalue weighted by Gasteiger charge is 2.37. The first-order valence-corrected chi connectivity index (χ1v) is 8.76. The second-order valence-electron chi connectivity index (χ2n) is 7.03. The van der Waals surface area contributed by atoms with Gasteiger partial charge in [0.05, 0.1) is 0 Å². The van der Waals surface area contributed by atoms with Crippen molar-refractivity contribution in [2.24, 2.45) is 5.92 Å². The lowest BCUT2D eigenvalue weighted by Gasteiger charge is -2.37. The molecule has 1 atom stereocenters. The highest BCUT2D eigenvalue weighted by atomic mass is 16.2. The molecule has 3 rings (SSSR count). The summed E-state index contributed by atoms with van der Waals surface area (Å²) >= 11 is 0. The second-order valence-corrected chi connectivity index (χ2v) is 7.03. The highest BCUT2D eigenvalue weighted by molar-refractivity contribution is 5.90. The Labute approximate surface area is 138 Å². The monoisotopic (exact) mass is 314 g/mol. The third-order valence-electron chi connectivity index (χ3n) is 5.01. The van der Waals surface area contributed by atoms with Crippen LogP contribution in [-0.2, 0) is 16.0 Å². The van der Waals surface area contributed by atoms with E-state index >= 15 is 0 Å². The summed E-state index contributed by atoms with van der Waals surface area (Å²) in [5.74, 6) is -0.0498. The first-order chi connectivity index (χ1) is 11.1. The lowest BCUT2D eigenvalue weighted by molar-refractivity contribution is -0.144. The van der Waals surface area contributed by atoms with Crippen LogP contribution in [0, 0.1) is 5.92 Å². The van der Waals surface area contributed by atoms with E-state index < -0.39 is 6.04 Å². The molecule has 1 aliphatic carbocycles. The van der Waals surface area contributed by atoms with E-state index in [2.05, 4.69) is 11.4 Å². The van der Waals surface area contributed by atoms with E-state index in [4.69, 9.17) is 0 Å². The molecule has 1 heterocycles. The molecule has 124 valence electrons. The number of rotatable bonds is 3. The summed E-state index contributed by atoms with van der Waals surface area (Å²) < 4.78 is 0. The molecule has 23 heavy (non-hydrogen) atoms. The van der Waals surface area contributed by atoms with Crippen LogP contribution in [0.15, 0.2) is 24.3 Å². The van der Waals surface area contributed by atoms with E-state index in [1.165, 1.54) is 18.4 Å². The van der Waals surface area contributed by atoms with E-state index in [0.717, 1.165) is 24.8 Å². The lowest BCUT2D eigenvalue weighted by atomic mass is 9.91. The highest BCUT2D eigenvalue weighted by Crippen LogP contribution is 2.31. The van der Waals surface area contributed by atoms with Crippen molar-refractivity contribution in [3.05, 3.63) is 35.4 Å². The van der Waals surface area contributed by atoms with Crippen molar-refractivity contribution in [1.29, 1.82) is 0 Å². The first-order valence-electron chi connectivity index (χ1n) is 8.76. The second kappa shape index (κ2) is 6.73. The van der Waals surface area contributed by atoms with Gasteiger partial charge >= 0.3 is 0 Å². The van der Waals surface area contributed by atoms with Crippen molar-refractivity contribution in [1.82, 2.24) is 10.2 Å². The van der Waals surface area contributed by atoms with E-state index in [1.54, 1.807) is 4.90 Å². The van der Waals surface area contributed by atoms with Crippen LogP contribution in [0.25, 0.3) is 0 Å². The zero-order valence-corrected chi connectivity index (χ0v) is 14.0. The molecule has 0 spiro atoms. The van der Waals surface area contributed by atoms with Gasteiger partial charge in [0, 0.05) is 18.5 Å². The number of benzene rings is 1. The van der Waals surface area contributed by atoms with Crippen molar-refractivity contribution in [2.75, 3.05) is 6.54 Å². The molecule has 1 N–H and O–H groups in total. The molecule has 2 aliphatic rings. The average molecular weight is 314 g/mol. The van der Waals surface area contributed by atoms with Gasteiger partial charge in [-0.05, 0) is 30.4 Å². The van der Waals surface area contributed by atoms with Gasteiger partial charge in [-0.3, -0.25) is 9.59 Å². The summed E-state index contributed by atoms with van der Waals surface area (Å²) in [5.41, 5.74) is 2.18. The Hall–Kier alpha value is -1.84. The molecule has 0 aromatic heterocycles. The number of amides is 2. The standard InChI is InChI=1S/C19H26N2O2/c1-13(2)19(23)21-12-11-14-7-3-6-10-16(14)17(21)18(22)20-15-8-4-5-9-15/h3,6-7,10,13,15,17H,4-5,8-9,11-12H2,1-2H3,(H,20,22)/t17-/m0/s1. The molecule has 1 saturated carbocycles. The molecule has 2 amide bonds. The zero-order chi connectivity index (χ0) is 16.4. The number of hydrogen-bond donors (Lipinski definition) is 1. The minimum atomic E-state index is -0.476. The molecule has 1 aliphatic heterocycles. The van der Waals surface area contributed by atoms with Gasteiger partial charge in [-0.1, -0.05) is 51.0 Å². The zero-order valence-electron chi connectivity index (χ0n) is 14.0. The van der Waals surface area contributed by atoms with Gasteiger partial charge in [0.15, 0.2) is 0 Å². The van der Waals surface area contributed by atoms with E-state index in [0.29, 0.717) is 6.54 Å². The molecule has 4 nitrogen and oxygen atoms in total. The molecule has 1 aromatic carbocycles. The molecule has 1 aromatic rings. The first kappa shape index (κ1) is 16.0. The van der Waals surface area contributed by atoms with Gasteiger partial charge in [0.1, 0.15) is 6.04 Å². The van der Waals surface area contributed by atoms with Crippen LogP contribution in [0.4, 0.5) is 0 Å². The van der Waals surface area contributed by atoms with Crippen molar-refractivity contribution < 1.29 is 9.59 Å². The van der Waals surface area contributed by atoms with Crippen LogP contribution in [-0.4, -0.2) is 29.3 Å². The van der Waals surface area contributed by atoms with Gasteiger partial charge in [-0.25, -0.2) is 0 Å². The number of carbonyl (C=O) groups is 2. The molecule has 0 bridgehead atoms. The Bertz CT molecular complexity index is 591. The Morgan fingerprint density at radius 3 is 2.57 bits per heavy atom. The quantitative estimate of drug-likeness (QED) is 0.932. The summed E-state index contributed by atoms with van der Waals surface area (Å²) in [6, 6.07) is 7.82. The summed E-state index contributed by atoms with van der Waals surface area (Å²) in [4.78, 5) is 27.3. The topological polar surface area (TPSA) is 49.4 Å². The molecule has 0 unspecified atom stereocenters. The van der Waals surface area contributed by atoms with Crippen molar-refractivity contribution >= 4 is 11.8 Å². The fourth-order valence-electron chi connectivity index (χ4n) is 3.77. The fourth-order valence-corrected chi connectivity index (χ4v) is 3.77. The van der Waals surface area contributed by atoms with E-state index in [9.17, 15) is 9.59 Å². The molecule has 0 saturated heterocycles. The van der Waals surface area contributed by atoms with Crippen molar-refractivity contribution in [3.63, 3.8) is 0 Å². The summed E-state index contributed by atoms with van der Waals surface area (Å²) in [6.45, 7) is 4.42. The maximum absolute atomic E-state index is 12.9. The number of hydrogen-bond acceptors (Lipinski definition) is 2. The third-order valence-corrected chi connectivity index (χ3v) is 5.01.